The molecule has 0 spiro atoms. The van der Waals surface area contributed by atoms with E-state index in [1.54, 1.807) is 16.8 Å². The van der Waals surface area contributed by atoms with E-state index in [2.05, 4.69) is 35.6 Å². The van der Waals surface area contributed by atoms with Crippen LogP contribution in [0.15, 0.2) is 42.5 Å². The molecule has 1 aromatic heterocycles. The van der Waals surface area contributed by atoms with E-state index in [1.165, 1.54) is 17.2 Å². The maximum atomic E-state index is 13.9. The van der Waals surface area contributed by atoms with Crippen molar-refractivity contribution in [2.75, 3.05) is 10.6 Å². The number of aryl methyl sites for hydroxylation is 3. The number of halogens is 1. The van der Waals surface area contributed by atoms with E-state index in [9.17, 15) is 4.39 Å². The Balaban J connectivity index is 1.76. The molecule has 27 heavy (non-hydrogen) atoms. The van der Waals surface area contributed by atoms with Gasteiger partial charge in [0.15, 0.2) is 5.11 Å². The summed E-state index contributed by atoms with van der Waals surface area (Å²) in [6.07, 6.45) is 0. The lowest BCUT2D eigenvalue weighted by Crippen LogP contribution is -2.20. The molecule has 0 atom stereocenters. The molecule has 0 aliphatic heterocycles. The lowest BCUT2D eigenvalue weighted by molar-refractivity contribution is 0.579. The van der Waals surface area contributed by atoms with E-state index >= 15 is 0 Å². The van der Waals surface area contributed by atoms with Crippen molar-refractivity contribution in [2.45, 2.75) is 34.2 Å². The number of hydrogen-bond donors (Lipinski definition) is 2. The predicted molar refractivity (Wildman–Crippen MR) is 113 cm³/mol. The Morgan fingerprint density at radius 2 is 1.70 bits per heavy atom. The maximum Gasteiger partial charge on any atom is 0.175 e. The van der Waals surface area contributed by atoms with Crippen LogP contribution < -0.4 is 10.6 Å². The van der Waals surface area contributed by atoms with Gasteiger partial charge in [-0.2, -0.15) is 5.10 Å². The molecule has 0 saturated carbocycles. The van der Waals surface area contributed by atoms with Crippen molar-refractivity contribution in [2.24, 2.45) is 0 Å². The SMILES string of the molecule is Cc1cc(C)cc(NC(=S)Nc2c(C)nn(Cc3ccccc3F)c2C)c1. The van der Waals surface area contributed by atoms with E-state index in [0.29, 0.717) is 17.2 Å². The van der Waals surface area contributed by atoms with Gasteiger partial charge in [0.1, 0.15) is 5.82 Å². The zero-order valence-corrected chi connectivity index (χ0v) is 16.7. The Kier molecular flexibility index (Phi) is 5.56. The van der Waals surface area contributed by atoms with Crippen LogP contribution in [0.4, 0.5) is 15.8 Å². The summed E-state index contributed by atoms with van der Waals surface area (Å²) >= 11 is 5.46. The van der Waals surface area contributed by atoms with Gasteiger partial charge in [0.2, 0.25) is 0 Å². The van der Waals surface area contributed by atoms with Crippen LogP contribution in [0, 0.1) is 33.5 Å². The Bertz CT molecular complexity index is 974. The molecule has 2 N–H and O–H groups in total. The number of nitrogens with one attached hydrogen (secondary N) is 2. The number of nitrogens with zero attached hydrogens (tertiary/aromatic N) is 2. The number of hydrogen-bond acceptors (Lipinski definition) is 2. The largest absolute Gasteiger partial charge is 0.332 e. The van der Waals surface area contributed by atoms with Crippen molar-refractivity contribution in [1.82, 2.24) is 9.78 Å². The van der Waals surface area contributed by atoms with Gasteiger partial charge in [0.05, 0.1) is 23.6 Å². The van der Waals surface area contributed by atoms with E-state index in [-0.39, 0.29) is 5.82 Å². The van der Waals surface area contributed by atoms with Crippen molar-refractivity contribution in [3.63, 3.8) is 0 Å². The Morgan fingerprint density at radius 3 is 2.37 bits per heavy atom. The molecule has 0 aliphatic rings. The minimum atomic E-state index is -0.230. The number of benzene rings is 2. The van der Waals surface area contributed by atoms with Gasteiger partial charge in [-0.05, 0) is 69.2 Å². The van der Waals surface area contributed by atoms with E-state index in [0.717, 1.165) is 22.8 Å². The Labute approximate surface area is 164 Å². The van der Waals surface area contributed by atoms with Crippen LogP contribution >= 0.6 is 12.2 Å². The number of thiocarbonyl (C=S) groups is 1. The molecular weight excluding hydrogens is 359 g/mol. The fourth-order valence-electron chi connectivity index (χ4n) is 3.14. The summed E-state index contributed by atoms with van der Waals surface area (Å²) in [5.74, 6) is -0.230. The summed E-state index contributed by atoms with van der Waals surface area (Å²) in [4.78, 5) is 0. The molecule has 0 bridgehead atoms. The first kappa shape index (κ1) is 19.0. The highest BCUT2D eigenvalue weighted by Crippen LogP contribution is 2.22. The molecule has 1 heterocycles. The zero-order chi connectivity index (χ0) is 19.6. The molecule has 0 fully saturated rings. The Hall–Kier alpha value is -2.73. The molecule has 0 radical (unpaired) electrons. The summed E-state index contributed by atoms with van der Waals surface area (Å²) in [6, 6.07) is 12.9. The maximum absolute atomic E-state index is 13.9. The molecule has 3 rings (SSSR count). The lowest BCUT2D eigenvalue weighted by atomic mass is 10.1. The van der Waals surface area contributed by atoms with E-state index in [4.69, 9.17) is 12.2 Å². The lowest BCUT2D eigenvalue weighted by Gasteiger charge is -2.12. The van der Waals surface area contributed by atoms with Crippen molar-refractivity contribution >= 4 is 28.7 Å². The van der Waals surface area contributed by atoms with Crippen LogP contribution in [0.5, 0.6) is 0 Å². The first-order valence-corrected chi connectivity index (χ1v) is 9.18. The van der Waals surface area contributed by atoms with Gasteiger partial charge in [0.25, 0.3) is 0 Å². The highest BCUT2D eigenvalue weighted by Gasteiger charge is 2.14. The fourth-order valence-corrected chi connectivity index (χ4v) is 3.36. The second-order valence-corrected chi connectivity index (χ2v) is 7.16. The normalized spacial score (nSPS) is 10.7. The van der Waals surface area contributed by atoms with Crippen molar-refractivity contribution < 1.29 is 4.39 Å². The van der Waals surface area contributed by atoms with Gasteiger partial charge in [-0.15, -0.1) is 0 Å². The third-order valence-corrected chi connectivity index (χ3v) is 4.58. The van der Waals surface area contributed by atoms with Crippen molar-refractivity contribution in [3.8, 4) is 0 Å². The molecule has 0 amide bonds. The Morgan fingerprint density at radius 1 is 1.04 bits per heavy atom. The fraction of sp³-hybridized carbons (Fsp3) is 0.238. The topological polar surface area (TPSA) is 41.9 Å². The minimum Gasteiger partial charge on any atom is -0.332 e. The standard InChI is InChI=1S/C21H23FN4S/c1-13-9-14(2)11-18(10-13)23-21(27)24-20-15(3)25-26(16(20)4)12-17-7-5-6-8-19(17)22/h5-11H,12H2,1-4H3,(H2,23,24,27). The summed E-state index contributed by atoms with van der Waals surface area (Å²) in [5.41, 5.74) is 6.45. The minimum absolute atomic E-state index is 0.230. The zero-order valence-electron chi connectivity index (χ0n) is 15.9. The summed E-state index contributed by atoms with van der Waals surface area (Å²) in [5, 5.41) is 11.5. The first-order chi connectivity index (χ1) is 12.8. The summed E-state index contributed by atoms with van der Waals surface area (Å²) in [6.45, 7) is 8.33. The predicted octanol–water partition coefficient (Wildman–Crippen LogP) is 5.11. The molecule has 0 aliphatic carbocycles. The number of aromatic nitrogens is 2. The third-order valence-electron chi connectivity index (χ3n) is 4.38. The van der Waals surface area contributed by atoms with Gasteiger partial charge in [-0.1, -0.05) is 24.3 Å². The van der Waals surface area contributed by atoms with Gasteiger partial charge < -0.3 is 10.6 Å². The van der Waals surface area contributed by atoms with Crippen LogP contribution in [-0.4, -0.2) is 14.9 Å². The van der Waals surface area contributed by atoms with Gasteiger partial charge in [0, 0.05) is 11.3 Å². The molecule has 6 heteroatoms. The van der Waals surface area contributed by atoms with Gasteiger partial charge in [-0.3, -0.25) is 4.68 Å². The average Bonchev–Trinajstić information content (AvgIpc) is 2.83. The van der Waals surface area contributed by atoms with Crippen LogP contribution in [0.25, 0.3) is 0 Å². The van der Waals surface area contributed by atoms with Crippen LogP contribution in [-0.2, 0) is 6.54 Å². The van der Waals surface area contributed by atoms with Gasteiger partial charge in [-0.25, -0.2) is 4.39 Å². The molecule has 2 aromatic carbocycles. The quantitative estimate of drug-likeness (QED) is 0.615. The second-order valence-electron chi connectivity index (χ2n) is 6.75. The first-order valence-electron chi connectivity index (χ1n) is 8.77. The number of anilines is 2. The van der Waals surface area contributed by atoms with Crippen LogP contribution in [0.2, 0.25) is 0 Å². The second kappa shape index (κ2) is 7.88. The molecule has 3 aromatic rings. The molecular formula is C21H23FN4S. The molecule has 4 nitrogen and oxygen atoms in total. The monoisotopic (exact) mass is 382 g/mol. The van der Waals surface area contributed by atoms with E-state index in [1.807, 2.05) is 32.0 Å². The third kappa shape index (κ3) is 4.52. The van der Waals surface area contributed by atoms with Crippen LogP contribution in [0.1, 0.15) is 28.1 Å². The smallest absolute Gasteiger partial charge is 0.175 e. The summed E-state index contributed by atoms with van der Waals surface area (Å²) in [7, 11) is 0. The summed E-state index contributed by atoms with van der Waals surface area (Å²) < 4.78 is 15.7. The number of rotatable bonds is 4. The van der Waals surface area contributed by atoms with Crippen molar-refractivity contribution in [3.05, 3.63) is 76.4 Å². The van der Waals surface area contributed by atoms with Crippen molar-refractivity contribution in [1.29, 1.82) is 0 Å². The highest BCUT2D eigenvalue weighted by molar-refractivity contribution is 7.80. The molecule has 140 valence electrons. The average molecular weight is 383 g/mol. The van der Waals surface area contributed by atoms with Gasteiger partial charge >= 0.3 is 0 Å². The highest BCUT2D eigenvalue weighted by atomic mass is 32.1. The molecule has 0 unspecified atom stereocenters. The van der Waals surface area contributed by atoms with E-state index < -0.39 is 0 Å². The van der Waals surface area contributed by atoms with Crippen LogP contribution in [0.3, 0.4) is 0 Å². The molecule has 0 saturated heterocycles.